The number of hydrogen-bond donors (Lipinski definition) is 1. The minimum absolute atomic E-state index is 0.0571. The van der Waals surface area contributed by atoms with Crippen LogP contribution in [0.2, 0.25) is 0 Å². The number of benzene rings is 1. The Balaban J connectivity index is 1.41. The zero-order chi connectivity index (χ0) is 20.8. The summed E-state index contributed by atoms with van der Waals surface area (Å²) in [4.78, 5) is 28.4. The lowest BCUT2D eigenvalue weighted by molar-refractivity contribution is -0.132. The summed E-state index contributed by atoms with van der Waals surface area (Å²) in [6.45, 7) is 3.48. The van der Waals surface area contributed by atoms with Gasteiger partial charge in [-0.25, -0.2) is 22.5 Å². The SMILES string of the molecule is CC1(C2CC2)NC(=O)N(CN2CCCN(S(=O)(=O)c3ccc(F)cc3)CC2)C1=O. The Morgan fingerprint density at radius 3 is 2.45 bits per heavy atom. The average molecular weight is 424 g/mol. The van der Waals surface area contributed by atoms with E-state index >= 15 is 0 Å². The van der Waals surface area contributed by atoms with Crippen molar-refractivity contribution in [2.45, 2.75) is 36.6 Å². The summed E-state index contributed by atoms with van der Waals surface area (Å²) in [6.07, 6.45) is 2.45. The molecular formula is C19H25FN4O4S. The standard InChI is InChI=1S/C19H25FN4O4S/c1-19(14-3-4-14)17(25)24(18(26)21-19)13-22-9-2-10-23(12-11-22)29(27,28)16-7-5-15(20)6-8-16/h5-8,14H,2-4,9-13H2,1H3,(H,21,26). The molecule has 3 fully saturated rings. The summed E-state index contributed by atoms with van der Waals surface area (Å²) in [7, 11) is -3.72. The topological polar surface area (TPSA) is 90.0 Å². The number of carbonyl (C=O) groups excluding carboxylic acids is 2. The van der Waals surface area contributed by atoms with Gasteiger partial charge < -0.3 is 5.32 Å². The maximum atomic E-state index is 13.1. The van der Waals surface area contributed by atoms with Gasteiger partial charge in [0.1, 0.15) is 11.4 Å². The van der Waals surface area contributed by atoms with E-state index in [0.29, 0.717) is 26.1 Å². The molecule has 0 radical (unpaired) electrons. The molecule has 0 spiro atoms. The van der Waals surface area contributed by atoms with Crippen molar-refractivity contribution in [3.05, 3.63) is 30.1 Å². The van der Waals surface area contributed by atoms with E-state index in [0.717, 1.165) is 25.0 Å². The Labute approximate surface area is 169 Å². The molecule has 4 rings (SSSR count). The van der Waals surface area contributed by atoms with Gasteiger partial charge in [-0.1, -0.05) is 0 Å². The summed E-state index contributed by atoms with van der Waals surface area (Å²) in [5.41, 5.74) is -0.819. The van der Waals surface area contributed by atoms with Crippen LogP contribution in [0.4, 0.5) is 9.18 Å². The van der Waals surface area contributed by atoms with Crippen molar-refractivity contribution in [2.24, 2.45) is 5.92 Å². The second kappa shape index (κ2) is 7.33. The molecule has 1 aliphatic carbocycles. The molecule has 1 N–H and O–H groups in total. The van der Waals surface area contributed by atoms with Gasteiger partial charge in [0.15, 0.2) is 0 Å². The Morgan fingerprint density at radius 1 is 1.10 bits per heavy atom. The van der Waals surface area contributed by atoms with Crippen molar-refractivity contribution < 1.29 is 22.4 Å². The number of carbonyl (C=O) groups is 2. The predicted octanol–water partition coefficient (Wildman–Crippen LogP) is 1.20. The van der Waals surface area contributed by atoms with Crippen LogP contribution in [0.3, 0.4) is 0 Å². The molecule has 10 heteroatoms. The lowest BCUT2D eigenvalue weighted by atomic mass is 9.96. The zero-order valence-corrected chi connectivity index (χ0v) is 17.1. The van der Waals surface area contributed by atoms with Crippen LogP contribution in [-0.2, 0) is 14.8 Å². The molecule has 1 aromatic rings. The first-order valence-corrected chi connectivity index (χ1v) is 11.3. The molecule has 29 heavy (non-hydrogen) atoms. The molecule has 1 saturated carbocycles. The number of rotatable bonds is 5. The van der Waals surface area contributed by atoms with Crippen molar-refractivity contribution in [3.8, 4) is 0 Å². The van der Waals surface area contributed by atoms with E-state index in [4.69, 9.17) is 0 Å². The third-order valence-corrected chi connectivity index (χ3v) is 7.95. The van der Waals surface area contributed by atoms with E-state index in [2.05, 4.69) is 5.32 Å². The number of amides is 3. The van der Waals surface area contributed by atoms with Crippen molar-refractivity contribution >= 4 is 22.0 Å². The number of halogens is 1. The molecule has 3 aliphatic rings. The first-order chi connectivity index (χ1) is 13.7. The third-order valence-electron chi connectivity index (χ3n) is 6.04. The summed E-state index contributed by atoms with van der Waals surface area (Å²) in [5.74, 6) is -0.493. The second-order valence-corrected chi connectivity index (χ2v) is 10.0. The smallest absolute Gasteiger partial charge is 0.323 e. The first kappa shape index (κ1) is 20.2. The second-order valence-electron chi connectivity index (χ2n) is 8.11. The molecule has 2 saturated heterocycles. The summed E-state index contributed by atoms with van der Waals surface area (Å²) < 4.78 is 40.2. The maximum Gasteiger partial charge on any atom is 0.326 e. The molecule has 8 nitrogen and oxygen atoms in total. The maximum absolute atomic E-state index is 13.1. The van der Waals surface area contributed by atoms with Crippen LogP contribution in [0.15, 0.2) is 29.2 Å². The Kier molecular flexibility index (Phi) is 5.12. The molecular weight excluding hydrogens is 399 g/mol. The lowest BCUT2D eigenvalue weighted by Gasteiger charge is -2.26. The van der Waals surface area contributed by atoms with Crippen molar-refractivity contribution in [2.75, 3.05) is 32.8 Å². The molecule has 1 unspecified atom stereocenters. The highest BCUT2D eigenvalue weighted by atomic mass is 32.2. The number of nitrogens with zero attached hydrogens (tertiary/aromatic N) is 3. The molecule has 158 valence electrons. The highest BCUT2D eigenvalue weighted by molar-refractivity contribution is 7.89. The zero-order valence-electron chi connectivity index (χ0n) is 16.3. The monoisotopic (exact) mass is 424 g/mol. The highest BCUT2D eigenvalue weighted by Gasteiger charge is 2.56. The summed E-state index contributed by atoms with van der Waals surface area (Å²) >= 11 is 0. The normalized spacial score (nSPS) is 27.2. The van der Waals surface area contributed by atoms with Crippen molar-refractivity contribution in [3.63, 3.8) is 0 Å². The van der Waals surface area contributed by atoms with Gasteiger partial charge in [0.05, 0.1) is 11.6 Å². The van der Waals surface area contributed by atoms with Gasteiger partial charge in [-0.3, -0.25) is 9.69 Å². The molecule has 2 aliphatic heterocycles. The minimum Gasteiger partial charge on any atom is -0.323 e. The Morgan fingerprint density at radius 2 is 1.79 bits per heavy atom. The molecule has 1 aromatic carbocycles. The summed E-state index contributed by atoms with van der Waals surface area (Å²) in [6, 6.07) is 4.40. The van der Waals surface area contributed by atoms with Crippen molar-refractivity contribution in [1.82, 2.24) is 19.4 Å². The largest absolute Gasteiger partial charge is 0.326 e. The van der Waals surface area contributed by atoms with Gasteiger partial charge in [-0.05, 0) is 56.4 Å². The number of sulfonamides is 1. The molecule has 2 heterocycles. The molecule has 0 bridgehead atoms. The predicted molar refractivity (Wildman–Crippen MR) is 103 cm³/mol. The van der Waals surface area contributed by atoms with E-state index in [9.17, 15) is 22.4 Å². The van der Waals surface area contributed by atoms with Crippen LogP contribution in [-0.4, -0.2) is 72.8 Å². The molecule has 1 atom stereocenters. The number of urea groups is 1. The Hall–Kier alpha value is -2.04. The minimum atomic E-state index is -3.72. The lowest BCUT2D eigenvalue weighted by Crippen LogP contribution is -2.47. The number of hydrogen-bond acceptors (Lipinski definition) is 5. The Bertz CT molecular complexity index is 919. The molecule has 0 aromatic heterocycles. The van der Waals surface area contributed by atoms with Gasteiger partial charge in [-0.2, -0.15) is 4.31 Å². The van der Waals surface area contributed by atoms with Crippen LogP contribution < -0.4 is 5.32 Å². The van der Waals surface area contributed by atoms with Crippen LogP contribution in [0.5, 0.6) is 0 Å². The van der Waals surface area contributed by atoms with Crippen LogP contribution >= 0.6 is 0 Å². The van der Waals surface area contributed by atoms with E-state index in [1.165, 1.54) is 21.3 Å². The first-order valence-electron chi connectivity index (χ1n) is 9.84. The van der Waals surface area contributed by atoms with Crippen molar-refractivity contribution in [1.29, 1.82) is 0 Å². The average Bonchev–Trinajstić information content (AvgIpc) is 3.50. The fraction of sp³-hybridized carbons (Fsp3) is 0.579. The van der Waals surface area contributed by atoms with E-state index in [-0.39, 0.29) is 36.0 Å². The quantitative estimate of drug-likeness (QED) is 0.718. The van der Waals surface area contributed by atoms with Gasteiger partial charge in [0, 0.05) is 26.2 Å². The van der Waals surface area contributed by atoms with Gasteiger partial charge in [-0.15, -0.1) is 0 Å². The fourth-order valence-corrected chi connectivity index (χ4v) is 5.54. The van der Waals surface area contributed by atoms with E-state index < -0.39 is 21.4 Å². The van der Waals surface area contributed by atoms with Gasteiger partial charge in [0.2, 0.25) is 10.0 Å². The summed E-state index contributed by atoms with van der Waals surface area (Å²) in [5, 5.41) is 2.83. The van der Waals surface area contributed by atoms with E-state index in [1.807, 2.05) is 4.90 Å². The molecule has 3 amide bonds. The third kappa shape index (κ3) is 3.76. The van der Waals surface area contributed by atoms with Crippen LogP contribution in [0.1, 0.15) is 26.2 Å². The number of nitrogens with one attached hydrogen (secondary N) is 1. The van der Waals surface area contributed by atoms with Crippen LogP contribution in [0.25, 0.3) is 0 Å². The van der Waals surface area contributed by atoms with Gasteiger partial charge >= 0.3 is 6.03 Å². The number of imide groups is 1. The highest BCUT2D eigenvalue weighted by Crippen LogP contribution is 2.42. The van der Waals surface area contributed by atoms with E-state index in [1.54, 1.807) is 6.92 Å². The van der Waals surface area contributed by atoms with Gasteiger partial charge in [0.25, 0.3) is 5.91 Å². The fourth-order valence-electron chi connectivity index (χ4n) is 4.07. The van der Waals surface area contributed by atoms with Crippen LogP contribution in [0, 0.1) is 11.7 Å².